The molecule has 0 aliphatic carbocycles. The van der Waals surface area contributed by atoms with Gasteiger partial charge >= 0.3 is 5.97 Å². The van der Waals surface area contributed by atoms with E-state index in [4.69, 9.17) is 4.74 Å². The molecule has 2 aliphatic rings. The van der Waals surface area contributed by atoms with E-state index in [0.717, 1.165) is 65.2 Å². The maximum absolute atomic E-state index is 13.0. The zero-order valence-electron chi connectivity index (χ0n) is 18.8. The van der Waals surface area contributed by atoms with Gasteiger partial charge in [0.15, 0.2) is 0 Å². The van der Waals surface area contributed by atoms with Crippen molar-refractivity contribution in [1.82, 2.24) is 19.7 Å². The summed E-state index contributed by atoms with van der Waals surface area (Å²) in [6, 6.07) is 11.7. The quantitative estimate of drug-likeness (QED) is 0.648. The van der Waals surface area contributed by atoms with Crippen LogP contribution in [0.2, 0.25) is 0 Å². The minimum absolute atomic E-state index is 0.154. The van der Waals surface area contributed by atoms with Crippen LogP contribution < -0.4 is 0 Å². The molecule has 0 radical (unpaired) electrons. The van der Waals surface area contributed by atoms with Gasteiger partial charge in [-0.25, -0.2) is 4.79 Å². The van der Waals surface area contributed by atoms with E-state index in [2.05, 4.69) is 31.8 Å². The van der Waals surface area contributed by atoms with Gasteiger partial charge in [-0.05, 0) is 61.3 Å². The highest BCUT2D eigenvalue weighted by molar-refractivity contribution is 5.89. The average Bonchev–Trinajstić information content (AvgIpc) is 2.85. The van der Waals surface area contributed by atoms with Gasteiger partial charge in [-0.1, -0.05) is 12.1 Å². The molecule has 170 valence electrons. The summed E-state index contributed by atoms with van der Waals surface area (Å²) >= 11 is 0. The Kier molecular flexibility index (Phi) is 7.50. The number of piperazine rings is 1. The minimum atomic E-state index is -0.313. The topological polar surface area (TPSA) is 66.0 Å². The fraction of sp³-hybridized carbons (Fsp3) is 0.480. The molecule has 0 unspecified atom stereocenters. The average molecular weight is 437 g/mol. The van der Waals surface area contributed by atoms with Crippen LogP contribution in [-0.4, -0.2) is 77.9 Å². The molecule has 2 saturated heterocycles. The highest BCUT2D eigenvalue weighted by Crippen LogP contribution is 2.22. The number of esters is 1. The van der Waals surface area contributed by atoms with E-state index in [0.29, 0.717) is 11.5 Å². The van der Waals surface area contributed by atoms with Gasteiger partial charge in [-0.2, -0.15) is 0 Å². The van der Waals surface area contributed by atoms with E-state index in [1.807, 2.05) is 36.7 Å². The summed E-state index contributed by atoms with van der Waals surface area (Å²) in [4.78, 5) is 35.6. The number of piperidine rings is 1. The molecular weight excluding hydrogens is 404 g/mol. The number of pyridine rings is 1. The molecule has 3 heterocycles. The lowest BCUT2D eigenvalue weighted by atomic mass is 9.94. The van der Waals surface area contributed by atoms with Gasteiger partial charge in [-0.15, -0.1) is 0 Å². The molecule has 1 amide bonds. The van der Waals surface area contributed by atoms with Gasteiger partial charge in [0.1, 0.15) is 0 Å². The van der Waals surface area contributed by atoms with Crippen molar-refractivity contribution >= 4 is 11.9 Å². The van der Waals surface area contributed by atoms with E-state index in [1.54, 1.807) is 0 Å². The molecule has 0 spiro atoms. The van der Waals surface area contributed by atoms with Gasteiger partial charge < -0.3 is 9.64 Å². The molecule has 7 nitrogen and oxygen atoms in total. The number of amides is 1. The van der Waals surface area contributed by atoms with E-state index in [1.165, 1.54) is 18.2 Å². The Balaban J connectivity index is 1.20. The van der Waals surface area contributed by atoms with Gasteiger partial charge in [0.25, 0.3) is 0 Å². The van der Waals surface area contributed by atoms with Crippen molar-refractivity contribution in [2.45, 2.75) is 25.9 Å². The number of carbonyl (C=O) groups excluding carboxylic acids is 2. The summed E-state index contributed by atoms with van der Waals surface area (Å²) in [5.41, 5.74) is 3.01. The molecule has 2 aromatic rings. The second-order valence-electron chi connectivity index (χ2n) is 8.70. The van der Waals surface area contributed by atoms with Crippen LogP contribution in [0.4, 0.5) is 0 Å². The monoisotopic (exact) mass is 436 g/mol. The Morgan fingerprint density at radius 3 is 2.00 bits per heavy atom. The van der Waals surface area contributed by atoms with Crippen LogP contribution in [-0.2, 0) is 22.6 Å². The molecule has 0 N–H and O–H groups in total. The number of rotatable bonds is 6. The summed E-state index contributed by atoms with van der Waals surface area (Å²) in [5, 5.41) is 0. The van der Waals surface area contributed by atoms with Gasteiger partial charge in [-0.3, -0.25) is 19.6 Å². The van der Waals surface area contributed by atoms with E-state index in [-0.39, 0.29) is 11.9 Å². The molecule has 2 aliphatic heterocycles. The SMILES string of the molecule is COC(=O)c1ccc(CN2CCN(C(=O)C3CCN(Cc4ccncc4)CC3)CC2)cc1. The number of hydrogen-bond acceptors (Lipinski definition) is 6. The first kappa shape index (κ1) is 22.4. The lowest BCUT2D eigenvalue weighted by Crippen LogP contribution is -2.51. The fourth-order valence-electron chi connectivity index (χ4n) is 4.59. The number of ether oxygens (including phenoxy) is 1. The third-order valence-electron chi connectivity index (χ3n) is 6.56. The maximum Gasteiger partial charge on any atom is 0.337 e. The van der Waals surface area contributed by atoms with Crippen LogP contribution in [0.3, 0.4) is 0 Å². The Morgan fingerprint density at radius 1 is 0.844 bits per heavy atom. The predicted molar refractivity (Wildman–Crippen MR) is 122 cm³/mol. The van der Waals surface area contributed by atoms with Gasteiger partial charge in [0.2, 0.25) is 5.91 Å². The first-order chi connectivity index (χ1) is 15.6. The van der Waals surface area contributed by atoms with E-state index in [9.17, 15) is 9.59 Å². The molecule has 0 saturated carbocycles. The van der Waals surface area contributed by atoms with Crippen LogP contribution >= 0.6 is 0 Å². The van der Waals surface area contributed by atoms with Crippen molar-refractivity contribution in [2.24, 2.45) is 5.92 Å². The molecule has 0 atom stereocenters. The number of methoxy groups -OCH3 is 1. The zero-order chi connectivity index (χ0) is 22.3. The summed E-state index contributed by atoms with van der Waals surface area (Å²) in [7, 11) is 1.39. The highest BCUT2D eigenvalue weighted by atomic mass is 16.5. The first-order valence-electron chi connectivity index (χ1n) is 11.4. The number of benzene rings is 1. The molecule has 1 aromatic heterocycles. The standard InChI is InChI=1S/C25H32N4O3/c1-32-25(31)23-4-2-20(3-5-23)18-28-14-16-29(17-15-28)24(30)22-8-12-27(13-9-22)19-21-6-10-26-11-7-21/h2-7,10-11,22H,8-9,12-19H2,1H3. The predicted octanol–water partition coefficient (Wildman–Crippen LogP) is 2.42. The normalized spacial score (nSPS) is 18.5. The molecule has 7 heteroatoms. The number of aromatic nitrogens is 1. The second kappa shape index (κ2) is 10.7. The number of nitrogens with zero attached hydrogens (tertiary/aromatic N) is 4. The van der Waals surface area contributed by atoms with Crippen LogP contribution in [0.25, 0.3) is 0 Å². The second-order valence-corrected chi connectivity index (χ2v) is 8.70. The van der Waals surface area contributed by atoms with Crippen molar-refractivity contribution in [3.05, 3.63) is 65.5 Å². The molecule has 0 bridgehead atoms. The summed E-state index contributed by atoms with van der Waals surface area (Å²) < 4.78 is 4.75. The fourth-order valence-corrected chi connectivity index (χ4v) is 4.59. The largest absolute Gasteiger partial charge is 0.465 e. The third-order valence-corrected chi connectivity index (χ3v) is 6.56. The molecule has 1 aromatic carbocycles. The smallest absolute Gasteiger partial charge is 0.337 e. The van der Waals surface area contributed by atoms with E-state index < -0.39 is 0 Å². The Labute approximate surface area is 190 Å². The minimum Gasteiger partial charge on any atom is -0.465 e. The Hall–Kier alpha value is -2.77. The van der Waals surface area contributed by atoms with Gasteiger partial charge in [0, 0.05) is 57.6 Å². The molecular formula is C25H32N4O3. The Bertz CT molecular complexity index is 887. The lowest BCUT2D eigenvalue weighted by Gasteiger charge is -2.38. The number of carbonyl (C=O) groups is 2. The molecule has 2 fully saturated rings. The van der Waals surface area contributed by atoms with Crippen molar-refractivity contribution < 1.29 is 14.3 Å². The number of likely N-dealkylation sites (tertiary alicyclic amines) is 1. The van der Waals surface area contributed by atoms with E-state index >= 15 is 0 Å². The van der Waals surface area contributed by atoms with Crippen molar-refractivity contribution in [1.29, 1.82) is 0 Å². The maximum atomic E-state index is 13.0. The van der Waals surface area contributed by atoms with Crippen LogP contribution in [0.1, 0.15) is 34.3 Å². The van der Waals surface area contributed by atoms with Gasteiger partial charge in [0.05, 0.1) is 12.7 Å². The lowest BCUT2D eigenvalue weighted by molar-refractivity contribution is -0.139. The molecule has 32 heavy (non-hydrogen) atoms. The van der Waals surface area contributed by atoms with Crippen molar-refractivity contribution in [3.63, 3.8) is 0 Å². The van der Waals surface area contributed by atoms with Crippen LogP contribution in [0.5, 0.6) is 0 Å². The van der Waals surface area contributed by atoms with Crippen LogP contribution in [0.15, 0.2) is 48.8 Å². The Morgan fingerprint density at radius 2 is 1.41 bits per heavy atom. The van der Waals surface area contributed by atoms with Crippen LogP contribution in [0, 0.1) is 5.92 Å². The zero-order valence-corrected chi connectivity index (χ0v) is 18.8. The highest BCUT2D eigenvalue weighted by Gasteiger charge is 2.30. The summed E-state index contributed by atoms with van der Waals surface area (Å²) in [5.74, 6) is 0.170. The summed E-state index contributed by atoms with van der Waals surface area (Å²) in [6.07, 6.45) is 5.55. The summed E-state index contributed by atoms with van der Waals surface area (Å²) in [6.45, 7) is 7.05. The number of hydrogen-bond donors (Lipinski definition) is 0. The van der Waals surface area contributed by atoms with Crippen molar-refractivity contribution in [2.75, 3.05) is 46.4 Å². The van der Waals surface area contributed by atoms with Crippen molar-refractivity contribution in [3.8, 4) is 0 Å². The molecule has 4 rings (SSSR count). The third kappa shape index (κ3) is 5.72. The first-order valence-corrected chi connectivity index (χ1v) is 11.4.